The van der Waals surface area contributed by atoms with Gasteiger partial charge in [-0.05, 0) is 31.9 Å². The van der Waals surface area contributed by atoms with Crippen molar-refractivity contribution in [1.29, 1.82) is 0 Å². The quantitative estimate of drug-likeness (QED) is 0.764. The zero-order valence-electron chi connectivity index (χ0n) is 10.8. The Morgan fingerprint density at radius 1 is 1.12 bits per heavy atom. The van der Waals surface area contributed by atoms with E-state index in [1.54, 1.807) is 0 Å². The summed E-state index contributed by atoms with van der Waals surface area (Å²) in [6.07, 6.45) is 6.16. The maximum atomic E-state index is 12.3. The summed E-state index contributed by atoms with van der Waals surface area (Å²) in [5.74, 6) is 0.164. The SMILES string of the molecule is Cc1ccc(C(=O)N(C)C2CCCCC2)cc1. The van der Waals surface area contributed by atoms with E-state index in [2.05, 4.69) is 0 Å². The van der Waals surface area contributed by atoms with Crippen LogP contribution in [-0.4, -0.2) is 23.9 Å². The van der Waals surface area contributed by atoms with Crippen molar-refractivity contribution in [2.24, 2.45) is 0 Å². The van der Waals surface area contributed by atoms with Gasteiger partial charge < -0.3 is 4.90 Å². The predicted octanol–water partition coefficient (Wildman–Crippen LogP) is 3.40. The summed E-state index contributed by atoms with van der Waals surface area (Å²) in [6.45, 7) is 2.04. The van der Waals surface area contributed by atoms with Gasteiger partial charge in [0.1, 0.15) is 0 Å². The van der Waals surface area contributed by atoms with Crippen LogP contribution < -0.4 is 0 Å². The van der Waals surface area contributed by atoms with E-state index in [1.807, 2.05) is 43.1 Å². The molecule has 0 aliphatic heterocycles. The number of nitrogens with zero attached hydrogens (tertiary/aromatic N) is 1. The molecule has 1 aliphatic carbocycles. The monoisotopic (exact) mass is 231 g/mol. The molecule has 2 rings (SSSR count). The molecule has 0 heterocycles. The molecule has 0 N–H and O–H groups in total. The Hall–Kier alpha value is -1.31. The third kappa shape index (κ3) is 2.87. The Morgan fingerprint density at radius 2 is 1.71 bits per heavy atom. The number of carbonyl (C=O) groups is 1. The zero-order chi connectivity index (χ0) is 12.3. The molecule has 17 heavy (non-hydrogen) atoms. The fourth-order valence-electron chi connectivity index (χ4n) is 2.53. The molecule has 92 valence electrons. The molecule has 1 aromatic carbocycles. The maximum absolute atomic E-state index is 12.3. The van der Waals surface area contributed by atoms with Gasteiger partial charge in [-0.2, -0.15) is 0 Å². The molecule has 1 fully saturated rings. The number of hydrogen-bond acceptors (Lipinski definition) is 1. The third-order valence-electron chi connectivity index (χ3n) is 3.74. The van der Waals surface area contributed by atoms with Gasteiger partial charge in [-0.25, -0.2) is 0 Å². The van der Waals surface area contributed by atoms with Crippen LogP contribution in [-0.2, 0) is 0 Å². The highest BCUT2D eigenvalue weighted by atomic mass is 16.2. The van der Waals surface area contributed by atoms with Gasteiger partial charge in [0.25, 0.3) is 5.91 Å². The summed E-state index contributed by atoms with van der Waals surface area (Å²) in [7, 11) is 1.94. The zero-order valence-corrected chi connectivity index (χ0v) is 10.8. The second-order valence-electron chi connectivity index (χ2n) is 5.07. The Labute approximate surface area is 104 Å². The van der Waals surface area contributed by atoms with Gasteiger partial charge in [0.05, 0.1) is 0 Å². The van der Waals surface area contributed by atoms with Gasteiger partial charge in [-0.1, -0.05) is 37.0 Å². The fraction of sp³-hybridized carbons (Fsp3) is 0.533. The van der Waals surface area contributed by atoms with Crippen molar-refractivity contribution in [2.45, 2.75) is 45.1 Å². The van der Waals surface area contributed by atoms with Crippen LogP contribution in [0, 0.1) is 6.92 Å². The Balaban J connectivity index is 2.05. The van der Waals surface area contributed by atoms with Crippen LogP contribution in [0.1, 0.15) is 48.0 Å². The van der Waals surface area contributed by atoms with Crippen molar-refractivity contribution in [3.05, 3.63) is 35.4 Å². The van der Waals surface area contributed by atoms with Gasteiger partial charge in [-0.15, -0.1) is 0 Å². The van der Waals surface area contributed by atoms with Crippen LogP contribution in [0.15, 0.2) is 24.3 Å². The van der Waals surface area contributed by atoms with Crippen molar-refractivity contribution >= 4 is 5.91 Å². The molecule has 0 saturated heterocycles. The number of aryl methyl sites for hydroxylation is 1. The second-order valence-corrected chi connectivity index (χ2v) is 5.07. The highest BCUT2D eigenvalue weighted by Crippen LogP contribution is 2.22. The molecule has 2 nitrogen and oxygen atoms in total. The summed E-state index contributed by atoms with van der Waals surface area (Å²) in [5.41, 5.74) is 2.01. The van der Waals surface area contributed by atoms with Crippen molar-refractivity contribution in [1.82, 2.24) is 4.90 Å². The van der Waals surface area contributed by atoms with E-state index in [1.165, 1.54) is 24.8 Å². The van der Waals surface area contributed by atoms with Gasteiger partial charge in [0, 0.05) is 18.7 Å². The van der Waals surface area contributed by atoms with Crippen LogP contribution in [0.5, 0.6) is 0 Å². The topological polar surface area (TPSA) is 20.3 Å². The van der Waals surface area contributed by atoms with Crippen molar-refractivity contribution in [2.75, 3.05) is 7.05 Å². The highest BCUT2D eigenvalue weighted by Gasteiger charge is 2.22. The lowest BCUT2D eigenvalue weighted by molar-refractivity contribution is 0.0696. The molecule has 1 aliphatic rings. The van der Waals surface area contributed by atoms with Gasteiger partial charge in [-0.3, -0.25) is 4.79 Å². The molecule has 0 bridgehead atoms. The van der Waals surface area contributed by atoms with Crippen LogP contribution >= 0.6 is 0 Å². The summed E-state index contributed by atoms with van der Waals surface area (Å²) < 4.78 is 0. The van der Waals surface area contributed by atoms with Crippen molar-refractivity contribution < 1.29 is 4.79 Å². The summed E-state index contributed by atoms with van der Waals surface area (Å²) in [5, 5.41) is 0. The van der Waals surface area contributed by atoms with Crippen LogP contribution in [0.4, 0.5) is 0 Å². The molecule has 0 atom stereocenters. The summed E-state index contributed by atoms with van der Waals surface area (Å²) >= 11 is 0. The molecule has 2 heteroatoms. The van der Waals surface area contributed by atoms with Gasteiger partial charge >= 0.3 is 0 Å². The lowest BCUT2D eigenvalue weighted by Crippen LogP contribution is -2.38. The van der Waals surface area contributed by atoms with E-state index < -0.39 is 0 Å². The molecule has 0 radical (unpaired) electrons. The van der Waals surface area contributed by atoms with E-state index in [0.717, 1.165) is 18.4 Å². The number of benzene rings is 1. The number of rotatable bonds is 2. The minimum Gasteiger partial charge on any atom is -0.339 e. The summed E-state index contributed by atoms with van der Waals surface area (Å²) in [6, 6.07) is 8.30. The lowest BCUT2D eigenvalue weighted by atomic mass is 9.94. The van der Waals surface area contributed by atoms with Crippen LogP contribution in [0.25, 0.3) is 0 Å². The molecule has 1 saturated carbocycles. The highest BCUT2D eigenvalue weighted by molar-refractivity contribution is 5.94. The molecular formula is C15H21NO. The van der Waals surface area contributed by atoms with E-state index in [4.69, 9.17) is 0 Å². The van der Waals surface area contributed by atoms with Gasteiger partial charge in [0.2, 0.25) is 0 Å². The lowest BCUT2D eigenvalue weighted by Gasteiger charge is -2.31. The summed E-state index contributed by atoms with van der Waals surface area (Å²) in [4.78, 5) is 14.2. The Bertz CT molecular complexity index is 376. The largest absolute Gasteiger partial charge is 0.339 e. The first kappa shape index (κ1) is 12.2. The first-order valence-electron chi connectivity index (χ1n) is 6.52. The molecule has 0 unspecified atom stereocenters. The van der Waals surface area contributed by atoms with E-state index in [-0.39, 0.29) is 5.91 Å². The van der Waals surface area contributed by atoms with Crippen LogP contribution in [0.3, 0.4) is 0 Å². The third-order valence-corrected chi connectivity index (χ3v) is 3.74. The fourth-order valence-corrected chi connectivity index (χ4v) is 2.53. The van der Waals surface area contributed by atoms with Crippen molar-refractivity contribution in [3.8, 4) is 0 Å². The standard InChI is InChI=1S/C15H21NO/c1-12-8-10-13(11-9-12)15(17)16(2)14-6-4-3-5-7-14/h8-11,14H,3-7H2,1-2H3. The second kappa shape index (κ2) is 5.35. The Morgan fingerprint density at radius 3 is 2.29 bits per heavy atom. The van der Waals surface area contributed by atoms with Crippen molar-refractivity contribution in [3.63, 3.8) is 0 Å². The van der Waals surface area contributed by atoms with E-state index in [0.29, 0.717) is 6.04 Å². The molecule has 0 spiro atoms. The number of hydrogen-bond donors (Lipinski definition) is 0. The molecule has 0 aromatic heterocycles. The molecular weight excluding hydrogens is 210 g/mol. The molecule has 1 aromatic rings. The Kier molecular flexibility index (Phi) is 3.82. The number of amides is 1. The van der Waals surface area contributed by atoms with E-state index >= 15 is 0 Å². The van der Waals surface area contributed by atoms with Crippen LogP contribution in [0.2, 0.25) is 0 Å². The maximum Gasteiger partial charge on any atom is 0.253 e. The first-order valence-corrected chi connectivity index (χ1v) is 6.52. The molecule has 1 amide bonds. The average molecular weight is 231 g/mol. The number of carbonyl (C=O) groups excluding carboxylic acids is 1. The average Bonchev–Trinajstić information content (AvgIpc) is 2.39. The smallest absolute Gasteiger partial charge is 0.253 e. The predicted molar refractivity (Wildman–Crippen MR) is 70.1 cm³/mol. The van der Waals surface area contributed by atoms with Gasteiger partial charge in [0.15, 0.2) is 0 Å². The normalized spacial score (nSPS) is 16.8. The minimum atomic E-state index is 0.164. The first-order chi connectivity index (χ1) is 8.18. The minimum absolute atomic E-state index is 0.164. The van der Waals surface area contributed by atoms with E-state index in [9.17, 15) is 4.79 Å².